The maximum Gasteiger partial charge on any atom is 0.336 e. The van der Waals surface area contributed by atoms with E-state index in [0.29, 0.717) is 0 Å². The Morgan fingerprint density at radius 1 is 0.762 bits per heavy atom. The first-order valence-electron chi connectivity index (χ1n) is 6.72. The van der Waals surface area contributed by atoms with Crippen LogP contribution in [-0.2, 0) is 23.8 Å². The highest BCUT2D eigenvalue weighted by Crippen LogP contribution is 2.12. The van der Waals surface area contributed by atoms with Gasteiger partial charge in [-0.05, 0) is 41.5 Å². The van der Waals surface area contributed by atoms with Crippen molar-refractivity contribution in [3.05, 3.63) is 24.3 Å². The van der Waals surface area contributed by atoms with Crippen LogP contribution in [0.4, 0.5) is 0 Å². The van der Waals surface area contributed by atoms with Gasteiger partial charge in [-0.2, -0.15) is 0 Å². The predicted octanol–water partition coefficient (Wildman–Crippen LogP) is 2.80. The van der Waals surface area contributed by atoms with Crippen LogP contribution >= 0.6 is 0 Å². The van der Waals surface area contributed by atoms with Crippen molar-refractivity contribution in [2.24, 2.45) is 0 Å². The van der Waals surface area contributed by atoms with Crippen LogP contribution in [0.3, 0.4) is 0 Å². The average Bonchev–Trinajstić information content (AvgIpc) is 2.23. The number of hydrogen-bond donors (Lipinski definition) is 0. The Labute approximate surface area is 126 Å². The zero-order valence-corrected chi connectivity index (χ0v) is 13.9. The SMILES string of the molecule is C=C(COCC(=C)C(=O)OC(C)(C)C)C(=O)OC(C)(C)C. The summed E-state index contributed by atoms with van der Waals surface area (Å²) in [7, 11) is 0. The molecule has 0 radical (unpaired) electrons. The van der Waals surface area contributed by atoms with E-state index in [1.807, 2.05) is 0 Å². The third kappa shape index (κ3) is 9.85. The molecule has 0 aliphatic rings. The maximum atomic E-state index is 11.6. The van der Waals surface area contributed by atoms with Crippen molar-refractivity contribution in [1.82, 2.24) is 0 Å². The molecule has 0 aromatic carbocycles. The molecule has 0 aliphatic carbocycles. The Balaban J connectivity index is 4.15. The Morgan fingerprint density at radius 3 is 1.29 bits per heavy atom. The molecule has 0 N–H and O–H groups in total. The van der Waals surface area contributed by atoms with Crippen molar-refractivity contribution < 1.29 is 23.8 Å². The van der Waals surface area contributed by atoms with Gasteiger partial charge in [-0.25, -0.2) is 9.59 Å². The first kappa shape index (κ1) is 19.4. The topological polar surface area (TPSA) is 61.8 Å². The van der Waals surface area contributed by atoms with Crippen molar-refractivity contribution in [2.75, 3.05) is 13.2 Å². The highest BCUT2D eigenvalue weighted by molar-refractivity contribution is 5.89. The second kappa shape index (κ2) is 7.41. The highest BCUT2D eigenvalue weighted by atomic mass is 16.6. The van der Waals surface area contributed by atoms with E-state index in [4.69, 9.17) is 14.2 Å². The summed E-state index contributed by atoms with van der Waals surface area (Å²) in [5.74, 6) is -1.05. The van der Waals surface area contributed by atoms with Crippen LogP contribution in [0.1, 0.15) is 41.5 Å². The molecular weight excluding hydrogens is 272 g/mol. The van der Waals surface area contributed by atoms with Gasteiger partial charge >= 0.3 is 11.9 Å². The average molecular weight is 298 g/mol. The fourth-order valence-electron chi connectivity index (χ4n) is 1.12. The lowest BCUT2D eigenvalue weighted by atomic mass is 10.2. The summed E-state index contributed by atoms with van der Waals surface area (Å²) in [6.45, 7) is 17.7. The fraction of sp³-hybridized carbons (Fsp3) is 0.625. The Hall–Kier alpha value is -1.62. The number of hydrogen-bond acceptors (Lipinski definition) is 5. The Morgan fingerprint density at radius 2 is 1.05 bits per heavy atom. The summed E-state index contributed by atoms with van der Waals surface area (Å²) in [6.07, 6.45) is 0. The van der Waals surface area contributed by atoms with E-state index in [1.54, 1.807) is 41.5 Å². The normalized spacial score (nSPS) is 11.7. The van der Waals surface area contributed by atoms with Gasteiger partial charge in [0.25, 0.3) is 0 Å². The fourth-order valence-corrected chi connectivity index (χ4v) is 1.12. The van der Waals surface area contributed by atoms with Gasteiger partial charge in [0.2, 0.25) is 0 Å². The molecule has 0 bridgehead atoms. The van der Waals surface area contributed by atoms with Gasteiger partial charge in [0.15, 0.2) is 0 Å². The minimum absolute atomic E-state index is 0.0310. The summed E-state index contributed by atoms with van der Waals surface area (Å²) in [6, 6.07) is 0. The van der Waals surface area contributed by atoms with Crippen molar-refractivity contribution in [3.63, 3.8) is 0 Å². The monoisotopic (exact) mass is 298 g/mol. The highest BCUT2D eigenvalue weighted by Gasteiger charge is 2.20. The van der Waals surface area contributed by atoms with Crippen LogP contribution in [0.25, 0.3) is 0 Å². The molecule has 5 nitrogen and oxygen atoms in total. The van der Waals surface area contributed by atoms with Gasteiger partial charge in [-0.15, -0.1) is 0 Å². The second-order valence-electron chi connectivity index (χ2n) is 6.70. The summed E-state index contributed by atoms with van der Waals surface area (Å²) < 4.78 is 15.5. The minimum atomic E-state index is -0.583. The van der Waals surface area contributed by atoms with E-state index in [0.717, 1.165) is 0 Å². The van der Waals surface area contributed by atoms with Crippen LogP contribution in [0, 0.1) is 0 Å². The molecule has 0 saturated heterocycles. The first-order chi connectivity index (χ1) is 9.32. The zero-order chi connectivity index (χ0) is 16.8. The van der Waals surface area contributed by atoms with Gasteiger partial charge in [0.05, 0.1) is 24.4 Å². The smallest absolute Gasteiger partial charge is 0.336 e. The largest absolute Gasteiger partial charge is 0.457 e. The molecular formula is C16H26O5. The molecule has 0 aliphatic heterocycles. The lowest BCUT2D eigenvalue weighted by molar-refractivity contribution is -0.150. The van der Waals surface area contributed by atoms with Gasteiger partial charge < -0.3 is 14.2 Å². The molecule has 0 rings (SSSR count). The molecule has 5 heteroatoms. The van der Waals surface area contributed by atoms with E-state index in [-0.39, 0.29) is 24.4 Å². The third-order valence-electron chi connectivity index (χ3n) is 1.93. The van der Waals surface area contributed by atoms with Crippen molar-refractivity contribution in [3.8, 4) is 0 Å². The van der Waals surface area contributed by atoms with Crippen molar-refractivity contribution >= 4 is 11.9 Å². The second-order valence-corrected chi connectivity index (χ2v) is 6.70. The van der Waals surface area contributed by atoms with Gasteiger partial charge in [0.1, 0.15) is 11.2 Å². The molecule has 0 fully saturated rings. The van der Waals surface area contributed by atoms with E-state index in [9.17, 15) is 9.59 Å². The summed E-state index contributed by atoms with van der Waals surface area (Å²) in [5.41, 5.74) is -0.802. The summed E-state index contributed by atoms with van der Waals surface area (Å²) in [5, 5.41) is 0. The molecule has 0 unspecified atom stereocenters. The van der Waals surface area contributed by atoms with E-state index in [1.165, 1.54) is 0 Å². The first-order valence-corrected chi connectivity index (χ1v) is 6.72. The molecule has 0 saturated carbocycles. The summed E-state index contributed by atoms with van der Waals surface area (Å²) in [4.78, 5) is 23.3. The van der Waals surface area contributed by atoms with Gasteiger partial charge in [-0.3, -0.25) is 0 Å². The van der Waals surface area contributed by atoms with Crippen LogP contribution in [0.2, 0.25) is 0 Å². The zero-order valence-electron chi connectivity index (χ0n) is 13.9. The van der Waals surface area contributed by atoms with Crippen LogP contribution in [0.15, 0.2) is 24.3 Å². The van der Waals surface area contributed by atoms with Crippen molar-refractivity contribution in [1.29, 1.82) is 0 Å². The van der Waals surface area contributed by atoms with Gasteiger partial charge in [0, 0.05) is 0 Å². The van der Waals surface area contributed by atoms with Crippen molar-refractivity contribution in [2.45, 2.75) is 52.7 Å². The number of rotatable bonds is 6. The van der Waals surface area contributed by atoms with E-state index < -0.39 is 23.1 Å². The van der Waals surface area contributed by atoms with Gasteiger partial charge in [-0.1, -0.05) is 13.2 Å². The molecule has 0 amide bonds. The minimum Gasteiger partial charge on any atom is -0.457 e. The molecule has 21 heavy (non-hydrogen) atoms. The van der Waals surface area contributed by atoms with E-state index in [2.05, 4.69) is 13.2 Å². The molecule has 0 aromatic heterocycles. The Kier molecular flexibility index (Phi) is 6.83. The summed E-state index contributed by atoms with van der Waals surface area (Å²) >= 11 is 0. The number of ether oxygens (including phenoxy) is 3. The van der Waals surface area contributed by atoms with E-state index >= 15 is 0 Å². The number of carbonyl (C=O) groups excluding carboxylic acids is 2. The quantitative estimate of drug-likeness (QED) is 0.557. The standard InChI is InChI=1S/C16H26O5/c1-11(13(17)20-15(3,4)5)9-19-10-12(2)14(18)21-16(6,7)8/h1-2,9-10H2,3-8H3. The predicted molar refractivity (Wildman–Crippen MR) is 80.8 cm³/mol. The number of esters is 2. The van der Waals surface area contributed by atoms with Crippen LogP contribution < -0.4 is 0 Å². The third-order valence-corrected chi connectivity index (χ3v) is 1.93. The number of carbonyl (C=O) groups is 2. The molecule has 0 spiro atoms. The molecule has 0 atom stereocenters. The molecule has 0 heterocycles. The lowest BCUT2D eigenvalue weighted by Gasteiger charge is -2.21. The lowest BCUT2D eigenvalue weighted by Crippen LogP contribution is -2.27. The van der Waals surface area contributed by atoms with Crippen LogP contribution in [-0.4, -0.2) is 36.4 Å². The molecule has 0 aromatic rings. The maximum absolute atomic E-state index is 11.6. The molecule has 120 valence electrons. The Bertz CT molecular complexity index is 381. The van der Waals surface area contributed by atoms with Crippen LogP contribution in [0.5, 0.6) is 0 Å².